The fourth-order valence-corrected chi connectivity index (χ4v) is 4.14. The molecule has 2 aliphatic heterocycles. The molecule has 0 unspecified atom stereocenters. The second kappa shape index (κ2) is 7.21. The maximum atomic E-state index is 12.9. The highest BCUT2D eigenvalue weighted by Gasteiger charge is 2.46. The second-order valence-electron chi connectivity index (χ2n) is 6.94. The first-order chi connectivity index (χ1) is 13.0. The lowest BCUT2D eigenvalue weighted by Crippen LogP contribution is -3.19. The molecule has 0 spiro atoms. The Labute approximate surface area is 162 Å². The number of para-hydroxylation sites is 2. The summed E-state index contributed by atoms with van der Waals surface area (Å²) in [5.74, 6) is -0.0728. The standard InChI is InChI=1S/C20H20ClN3O3/c21-14-4-3-5-15(12-14)24-19(26)13-17(20(24)27)23-10-8-22(9-11-23)16-6-1-2-7-18(16)25/h1-7,12,17,25H,8-11,13H2/p+1/t17-/m1/s1. The van der Waals surface area contributed by atoms with Gasteiger partial charge in [0.05, 0.1) is 44.0 Å². The number of amides is 2. The first kappa shape index (κ1) is 17.8. The molecule has 2 aromatic rings. The Balaban J connectivity index is 1.45. The first-order valence-corrected chi connectivity index (χ1v) is 9.42. The van der Waals surface area contributed by atoms with Crippen molar-refractivity contribution in [3.05, 3.63) is 53.6 Å². The number of piperazine rings is 1. The van der Waals surface area contributed by atoms with Gasteiger partial charge in [-0.1, -0.05) is 29.8 Å². The Kier molecular flexibility index (Phi) is 4.76. The van der Waals surface area contributed by atoms with Gasteiger partial charge in [0.15, 0.2) is 6.04 Å². The number of carbonyl (C=O) groups excluding carboxylic acids is 2. The highest BCUT2D eigenvalue weighted by atomic mass is 35.5. The van der Waals surface area contributed by atoms with Crippen molar-refractivity contribution in [1.82, 2.24) is 0 Å². The molecule has 4 rings (SSSR count). The Morgan fingerprint density at radius 1 is 1.04 bits per heavy atom. The number of hydrogen-bond acceptors (Lipinski definition) is 4. The minimum Gasteiger partial charge on any atom is -0.506 e. The van der Waals surface area contributed by atoms with E-state index in [4.69, 9.17) is 11.6 Å². The molecular weight excluding hydrogens is 366 g/mol. The van der Waals surface area contributed by atoms with E-state index >= 15 is 0 Å². The molecule has 7 heteroatoms. The number of phenols is 1. The van der Waals surface area contributed by atoms with Crippen molar-refractivity contribution in [3.8, 4) is 5.75 Å². The number of imide groups is 1. The van der Waals surface area contributed by atoms with Crippen molar-refractivity contribution >= 4 is 34.8 Å². The highest BCUT2D eigenvalue weighted by Crippen LogP contribution is 2.27. The van der Waals surface area contributed by atoms with Gasteiger partial charge in [-0.05, 0) is 30.3 Å². The summed E-state index contributed by atoms with van der Waals surface area (Å²) in [4.78, 5) is 29.9. The summed E-state index contributed by atoms with van der Waals surface area (Å²) in [5.41, 5.74) is 1.35. The third kappa shape index (κ3) is 3.38. The molecule has 2 amide bonds. The number of halogens is 1. The van der Waals surface area contributed by atoms with E-state index in [1.54, 1.807) is 36.4 Å². The van der Waals surface area contributed by atoms with Gasteiger partial charge in [-0.3, -0.25) is 9.59 Å². The van der Waals surface area contributed by atoms with Crippen LogP contribution < -0.4 is 14.7 Å². The van der Waals surface area contributed by atoms with Crippen molar-refractivity contribution in [2.75, 3.05) is 36.0 Å². The zero-order chi connectivity index (χ0) is 19.0. The smallest absolute Gasteiger partial charge is 0.292 e. The predicted octanol–water partition coefficient (Wildman–Crippen LogP) is 1.08. The summed E-state index contributed by atoms with van der Waals surface area (Å²) in [7, 11) is 0. The Morgan fingerprint density at radius 3 is 2.48 bits per heavy atom. The zero-order valence-electron chi connectivity index (χ0n) is 14.8. The largest absolute Gasteiger partial charge is 0.506 e. The van der Waals surface area contributed by atoms with E-state index in [0.29, 0.717) is 10.7 Å². The van der Waals surface area contributed by atoms with Crippen LogP contribution in [0.15, 0.2) is 48.5 Å². The summed E-state index contributed by atoms with van der Waals surface area (Å²) < 4.78 is 0. The van der Waals surface area contributed by atoms with Crippen LogP contribution in [-0.2, 0) is 9.59 Å². The predicted molar refractivity (Wildman–Crippen MR) is 103 cm³/mol. The SMILES string of the molecule is O=C1C[C@@H]([NH+]2CCN(c3ccccc3O)CC2)C(=O)N1c1cccc(Cl)c1. The maximum absolute atomic E-state index is 12.9. The van der Waals surface area contributed by atoms with Gasteiger partial charge >= 0.3 is 0 Å². The molecule has 0 aliphatic carbocycles. The molecule has 0 radical (unpaired) electrons. The molecule has 2 fully saturated rings. The van der Waals surface area contributed by atoms with E-state index in [9.17, 15) is 14.7 Å². The molecule has 2 saturated heterocycles. The Morgan fingerprint density at radius 2 is 1.78 bits per heavy atom. The number of nitrogens with one attached hydrogen (secondary N) is 1. The molecule has 2 N–H and O–H groups in total. The molecule has 0 saturated carbocycles. The van der Waals surface area contributed by atoms with Crippen LogP contribution in [0.25, 0.3) is 0 Å². The number of rotatable bonds is 3. The van der Waals surface area contributed by atoms with Crippen molar-refractivity contribution < 1.29 is 19.6 Å². The molecule has 1 atom stereocenters. The lowest BCUT2D eigenvalue weighted by molar-refractivity contribution is -0.915. The number of phenolic OH excluding ortho intramolecular Hbond substituents is 1. The zero-order valence-corrected chi connectivity index (χ0v) is 15.5. The van der Waals surface area contributed by atoms with Gasteiger partial charge in [0, 0.05) is 5.02 Å². The summed E-state index contributed by atoms with van der Waals surface area (Å²) in [5, 5.41) is 10.5. The van der Waals surface area contributed by atoms with Crippen LogP contribution in [0.4, 0.5) is 11.4 Å². The Bertz CT molecular complexity index is 880. The molecule has 2 aliphatic rings. The molecule has 2 heterocycles. The van der Waals surface area contributed by atoms with Gasteiger partial charge in [-0.15, -0.1) is 0 Å². The van der Waals surface area contributed by atoms with E-state index in [0.717, 1.165) is 36.8 Å². The number of hydrogen-bond donors (Lipinski definition) is 2. The van der Waals surface area contributed by atoms with Gasteiger partial charge in [0.2, 0.25) is 5.91 Å². The second-order valence-corrected chi connectivity index (χ2v) is 7.37. The number of nitrogens with zero attached hydrogens (tertiary/aromatic N) is 2. The van der Waals surface area contributed by atoms with Crippen LogP contribution in [0.1, 0.15) is 6.42 Å². The monoisotopic (exact) mass is 386 g/mol. The lowest BCUT2D eigenvalue weighted by atomic mass is 10.1. The van der Waals surface area contributed by atoms with Crippen LogP contribution in [0.3, 0.4) is 0 Å². The normalized spacial score (nSPS) is 21.1. The van der Waals surface area contributed by atoms with Gasteiger partial charge < -0.3 is 14.9 Å². The minimum atomic E-state index is -0.358. The van der Waals surface area contributed by atoms with E-state index in [1.807, 2.05) is 12.1 Å². The summed E-state index contributed by atoms with van der Waals surface area (Å²) in [6.07, 6.45) is 0.220. The molecular formula is C20H21ClN3O3+. The van der Waals surface area contributed by atoms with E-state index in [-0.39, 0.29) is 30.0 Å². The molecule has 27 heavy (non-hydrogen) atoms. The van der Waals surface area contributed by atoms with E-state index < -0.39 is 0 Å². The van der Waals surface area contributed by atoms with Crippen LogP contribution in [0.5, 0.6) is 5.75 Å². The number of aromatic hydroxyl groups is 1. The van der Waals surface area contributed by atoms with Crippen molar-refractivity contribution in [1.29, 1.82) is 0 Å². The third-order valence-corrected chi connectivity index (χ3v) is 5.57. The average molecular weight is 387 g/mol. The van der Waals surface area contributed by atoms with Crippen LogP contribution in [0, 0.1) is 0 Å². The quantitative estimate of drug-likeness (QED) is 0.775. The Hall–Kier alpha value is -2.57. The number of carbonyl (C=O) groups is 2. The molecule has 140 valence electrons. The summed E-state index contributed by atoms with van der Waals surface area (Å²) in [6, 6.07) is 13.7. The maximum Gasteiger partial charge on any atom is 0.292 e. The van der Waals surface area contributed by atoms with Crippen molar-refractivity contribution in [2.24, 2.45) is 0 Å². The van der Waals surface area contributed by atoms with Crippen molar-refractivity contribution in [3.63, 3.8) is 0 Å². The minimum absolute atomic E-state index is 0.159. The van der Waals surface area contributed by atoms with Gasteiger partial charge in [0.25, 0.3) is 5.91 Å². The van der Waals surface area contributed by atoms with Gasteiger partial charge in [-0.2, -0.15) is 0 Å². The third-order valence-electron chi connectivity index (χ3n) is 5.33. The topological polar surface area (TPSA) is 65.3 Å². The first-order valence-electron chi connectivity index (χ1n) is 9.04. The molecule has 6 nitrogen and oxygen atoms in total. The fraction of sp³-hybridized carbons (Fsp3) is 0.300. The van der Waals surface area contributed by atoms with Crippen LogP contribution >= 0.6 is 11.6 Å². The highest BCUT2D eigenvalue weighted by molar-refractivity contribution is 6.31. The average Bonchev–Trinajstić information content (AvgIpc) is 2.96. The summed E-state index contributed by atoms with van der Waals surface area (Å²) >= 11 is 6.01. The molecule has 0 aromatic heterocycles. The van der Waals surface area contributed by atoms with Crippen LogP contribution in [0.2, 0.25) is 5.02 Å². The fourth-order valence-electron chi connectivity index (χ4n) is 3.95. The van der Waals surface area contributed by atoms with Crippen molar-refractivity contribution in [2.45, 2.75) is 12.5 Å². The lowest BCUT2D eigenvalue weighted by Gasteiger charge is -2.35. The molecule has 0 bridgehead atoms. The van der Waals surface area contributed by atoms with E-state index in [2.05, 4.69) is 4.90 Å². The van der Waals surface area contributed by atoms with E-state index in [1.165, 1.54) is 4.90 Å². The van der Waals surface area contributed by atoms with Gasteiger partial charge in [0.1, 0.15) is 5.75 Å². The number of benzene rings is 2. The number of anilines is 2. The molecule has 2 aromatic carbocycles. The van der Waals surface area contributed by atoms with Crippen LogP contribution in [-0.4, -0.2) is 49.1 Å². The summed E-state index contributed by atoms with van der Waals surface area (Å²) in [6.45, 7) is 2.92. The van der Waals surface area contributed by atoms with Gasteiger partial charge in [-0.25, -0.2) is 4.90 Å². The number of quaternary nitrogens is 1.